The van der Waals surface area contributed by atoms with Crippen LogP contribution in [-0.2, 0) is 0 Å². The molecule has 40 heavy (non-hydrogen) atoms. The molecule has 0 unspecified atom stereocenters. The Morgan fingerprint density at radius 3 is 0.925 bits per heavy atom. The smallest absolute Gasteiger partial charge is 0.418 e. The van der Waals surface area contributed by atoms with Crippen LogP contribution in [0, 0.1) is 0 Å². The molecule has 0 saturated heterocycles. The van der Waals surface area contributed by atoms with Crippen LogP contribution in [-0.4, -0.2) is 7.25 Å². The van der Waals surface area contributed by atoms with Crippen LogP contribution in [0.5, 0.6) is 0 Å². The molecule has 0 nitrogen and oxygen atoms in total. The third-order valence-corrected chi connectivity index (χ3v) is 11.8. The lowest BCUT2D eigenvalue weighted by Crippen LogP contribution is -2.35. The third kappa shape index (κ3) is 7.27. The Morgan fingerprint density at radius 2 is 0.675 bits per heavy atom. The molecule has 0 N–H and O–H groups in total. The van der Waals surface area contributed by atoms with Crippen molar-refractivity contribution in [2.45, 2.75) is 5.66 Å². The predicted molar refractivity (Wildman–Crippen MR) is 165 cm³/mol. The van der Waals surface area contributed by atoms with Crippen molar-refractivity contribution < 1.29 is 17.3 Å². The van der Waals surface area contributed by atoms with Crippen LogP contribution >= 0.6 is 42.1 Å². The molecule has 0 bridgehead atoms. The van der Waals surface area contributed by atoms with Gasteiger partial charge >= 0.3 is 7.25 Å². The molecule has 5 rings (SSSR count). The summed E-state index contributed by atoms with van der Waals surface area (Å²) in [6.45, 7) is 0. The summed E-state index contributed by atoms with van der Waals surface area (Å²) in [4.78, 5) is 0. The molecule has 0 aliphatic carbocycles. The van der Waals surface area contributed by atoms with E-state index in [4.69, 9.17) is 34.8 Å². The topological polar surface area (TPSA) is 0 Å². The van der Waals surface area contributed by atoms with Gasteiger partial charge in [-0.1, -0.05) is 95.5 Å². The largest absolute Gasteiger partial charge is 0.673 e. The molecule has 0 amide bonds. The van der Waals surface area contributed by atoms with Crippen molar-refractivity contribution in [1.82, 2.24) is 0 Å². The Kier molecular flexibility index (Phi) is 9.97. The SMILES string of the molecule is Clc1ccc([P+](c2ccc(Cl)cc2)(c2ccc(Cl)cc2)C(c2ccccc2)c2ccccc2)cc1.F[B-](F)(F)F. The number of halogens is 7. The highest BCUT2D eigenvalue weighted by Gasteiger charge is 2.53. The Balaban J connectivity index is 0.000000681. The molecule has 0 spiro atoms. The second kappa shape index (κ2) is 13.2. The van der Waals surface area contributed by atoms with E-state index in [1.165, 1.54) is 27.0 Å². The zero-order valence-electron chi connectivity index (χ0n) is 20.9. The highest BCUT2D eigenvalue weighted by Crippen LogP contribution is 2.69. The van der Waals surface area contributed by atoms with Gasteiger partial charge in [0.05, 0.1) is 0 Å². The maximum absolute atomic E-state index is 9.75. The van der Waals surface area contributed by atoms with Crippen LogP contribution in [0.15, 0.2) is 133 Å². The van der Waals surface area contributed by atoms with Gasteiger partial charge in [-0.25, -0.2) is 0 Å². The number of hydrogen-bond acceptors (Lipinski definition) is 0. The first-order valence-corrected chi connectivity index (χ1v) is 15.2. The van der Waals surface area contributed by atoms with Gasteiger partial charge in [0.1, 0.15) is 28.8 Å². The average Bonchev–Trinajstić information content (AvgIpc) is 2.93. The van der Waals surface area contributed by atoms with Crippen molar-refractivity contribution in [3.8, 4) is 0 Å². The molecule has 0 fully saturated rings. The second-order valence-corrected chi connectivity index (χ2v) is 13.7. The zero-order chi connectivity index (χ0) is 28.8. The summed E-state index contributed by atoms with van der Waals surface area (Å²) in [5.41, 5.74) is 2.58. The molecule has 0 heterocycles. The first kappa shape index (κ1) is 30.2. The van der Waals surface area contributed by atoms with E-state index < -0.39 is 14.5 Å². The fraction of sp³-hybridized carbons (Fsp3) is 0.0323. The lowest BCUT2D eigenvalue weighted by Gasteiger charge is -2.35. The summed E-state index contributed by atoms with van der Waals surface area (Å²) < 4.78 is 39.0. The van der Waals surface area contributed by atoms with Crippen molar-refractivity contribution in [3.63, 3.8) is 0 Å². The van der Waals surface area contributed by atoms with Crippen molar-refractivity contribution >= 4 is 65.2 Å². The van der Waals surface area contributed by atoms with Crippen LogP contribution in [0.4, 0.5) is 17.3 Å². The molecule has 5 aromatic rings. The molecule has 0 atom stereocenters. The summed E-state index contributed by atoms with van der Waals surface area (Å²) in [5, 5.41) is 5.87. The minimum atomic E-state index is -6.00. The van der Waals surface area contributed by atoms with Gasteiger partial charge in [-0.15, -0.1) is 0 Å². The van der Waals surface area contributed by atoms with Crippen LogP contribution in [0.2, 0.25) is 15.1 Å². The minimum Gasteiger partial charge on any atom is -0.418 e. The summed E-state index contributed by atoms with van der Waals surface area (Å²) in [6, 6.07) is 46.5. The number of benzene rings is 5. The Labute approximate surface area is 247 Å². The molecular weight excluding hydrogens is 596 g/mol. The van der Waals surface area contributed by atoms with E-state index >= 15 is 0 Å². The molecule has 204 valence electrons. The first-order chi connectivity index (χ1) is 19.1. The van der Waals surface area contributed by atoms with E-state index in [0.717, 1.165) is 15.1 Å². The molecule has 0 aliphatic rings. The Morgan fingerprint density at radius 1 is 0.425 bits per heavy atom. The van der Waals surface area contributed by atoms with Crippen molar-refractivity contribution in [3.05, 3.63) is 160 Å². The summed E-state index contributed by atoms with van der Waals surface area (Å²) in [6.07, 6.45) is 0. The van der Waals surface area contributed by atoms with Gasteiger partial charge in [-0.05, 0) is 83.9 Å². The van der Waals surface area contributed by atoms with E-state index in [-0.39, 0.29) is 5.66 Å². The van der Waals surface area contributed by atoms with E-state index in [1.54, 1.807) is 0 Å². The van der Waals surface area contributed by atoms with Crippen LogP contribution in [0.1, 0.15) is 16.8 Å². The van der Waals surface area contributed by atoms with Crippen molar-refractivity contribution in [2.24, 2.45) is 0 Å². The molecular formula is C31H23BCl3F4P. The Hall–Kier alpha value is -2.82. The monoisotopic (exact) mass is 618 g/mol. The summed E-state index contributed by atoms with van der Waals surface area (Å²) >= 11 is 19.2. The van der Waals surface area contributed by atoms with Crippen molar-refractivity contribution in [2.75, 3.05) is 0 Å². The van der Waals surface area contributed by atoms with E-state index in [1.807, 2.05) is 36.4 Å². The minimum absolute atomic E-state index is 0.0634. The van der Waals surface area contributed by atoms with Crippen LogP contribution in [0.25, 0.3) is 0 Å². The standard InChI is InChI=1S/C31H23Cl3P.BF4/c32-25-11-17-28(18-12-25)35(29-19-13-26(33)14-20-29,30-21-15-27(34)16-22-30)31(23-7-3-1-4-8-23)24-9-5-2-6-10-24;2-1(3,4)5/h1-22,31H;/q+1;-1. The third-order valence-electron chi connectivity index (χ3n) is 6.32. The maximum atomic E-state index is 9.75. The average molecular weight is 620 g/mol. The van der Waals surface area contributed by atoms with Gasteiger partial charge in [0, 0.05) is 15.1 Å². The first-order valence-electron chi connectivity index (χ1n) is 12.2. The predicted octanol–water partition coefficient (Wildman–Crippen LogP) is 10.0. The molecule has 5 aromatic carbocycles. The summed E-state index contributed by atoms with van der Waals surface area (Å²) in [5.74, 6) is 0. The van der Waals surface area contributed by atoms with E-state index in [0.29, 0.717) is 0 Å². The number of rotatable bonds is 6. The van der Waals surface area contributed by atoms with Gasteiger partial charge in [0.15, 0.2) is 0 Å². The quantitative estimate of drug-likeness (QED) is 0.101. The molecule has 0 radical (unpaired) electrons. The van der Waals surface area contributed by atoms with Gasteiger partial charge in [0.25, 0.3) is 0 Å². The molecule has 0 aliphatic heterocycles. The second-order valence-electron chi connectivity index (χ2n) is 8.87. The lowest BCUT2D eigenvalue weighted by atomic mass is 10.0. The van der Waals surface area contributed by atoms with Gasteiger partial charge in [0.2, 0.25) is 0 Å². The van der Waals surface area contributed by atoms with Gasteiger partial charge in [-0.2, -0.15) is 0 Å². The summed E-state index contributed by atoms with van der Waals surface area (Å²) in [7, 11) is -8.34. The molecule has 9 heteroatoms. The Bertz CT molecular complexity index is 1340. The van der Waals surface area contributed by atoms with Crippen LogP contribution in [0.3, 0.4) is 0 Å². The highest BCUT2D eigenvalue weighted by atomic mass is 35.5. The molecule has 0 aromatic heterocycles. The number of hydrogen-bond donors (Lipinski definition) is 0. The zero-order valence-corrected chi connectivity index (χ0v) is 24.1. The van der Waals surface area contributed by atoms with E-state index in [9.17, 15) is 17.3 Å². The lowest BCUT2D eigenvalue weighted by molar-refractivity contribution is 0.368. The fourth-order valence-electron chi connectivity index (χ4n) is 4.83. The fourth-order valence-corrected chi connectivity index (χ4v) is 10.1. The van der Waals surface area contributed by atoms with Gasteiger partial charge in [-0.3, -0.25) is 0 Å². The highest BCUT2D eigenvalue weighted by molar-refractivity contribution is 7.96. The normalized spacial score (nSPS) is 11.6. The van der Waals surface area contributed by atoms with Crippen LogP contribution < -0.4 is 15.9 Å². The van der Waals surface area contributed by atoms with Gasteiger partial charge < -0.3 is 17.3 Å². The maximum Gasteiger partial charge on any atom is 0.673 e. The molecule has 0 saturated carbocycles. The van der Waals surface area contributed by atoms with Crippen molar-refractivity contribution in [1.29, 1.82) is 0 Å². The van der Waals surface area contributed by atoms with E-state index in [2.05, 4.69) is 97.1 Å².